The Morgan fingerprint density at radius 3 is 3.09 bits per heavy atom. The van der Waals surface area contributed by atoms with Gasteiger partial charge in [-0.2, -0.15) is 16.6 Å². The first-order chi connectivity index (χ1) is 15.6. The number of hydrogen-bond donors (Lipinski definition) is 2. The van der Waals surface area contributed by atoms with Gasteiger partial charge in [0.25, 0.3) is 0 Å². The minimum Gasteiger partial charge on any atom is -0.446 e. The van der Waals surface area contributed by atoms with Crippen molar-refractivity contribution in [3.8, 4) is 6.07 Å². The number of fused-ring (bicyclic) bond motifs is 1. The van der Waals surface area contributed by atoms with E-state index >= 15 is 0 Å². The second kappa shape index (κ2) is 10.3. The first kappa shape index (κ1) is 21.8. The van der Waals surface area contributed by atoms with Crippen LogP contribution < -0.4 is 10.6 Å². The molecule has 0 saturated carbocycles. The smallest absolute Gasteiger partial charge is 0.407 e. The number of hydrogen-bond acceptors (Lipinski definition) is 7. The van der Waals surface area contributed by atoms with Crippen LogP contribution in [0.15, 0.2) is 41.6 Å². The monoisotopic (exact) mass is 467 g/mol. The highest BCUT2D eigenvalue weighted by atomic mass is 32.1. The van der Waals surface area contributed by atoms with E-state index in [2.05, 4.69) is 21.7 Å². The molecule has 3 heterocycles. The van der Waals surface area contributed by atoms with E-state index in [9.17, 15) is 14.9 Å². The largest absolute Gasteiger partial charge is 0.446 e. The van der Waals surface area contributed by atoms with Crippen LogP contribution in [0.4, 0.5) is 9.80 Å². The van der Waals surface area contributed by atoms with Crippen molar-refractivity contribution in [1.29, 1.82) is 5.26 Å². The molecule has 2 amide bonds. The lowest BCUT2D eigenvalue weighted by Gasteiger charge is -2.22. The molecule has 0 saturated heterocycles. The summed E-state index contributed by atoms with van der Waals surface area (Å²) in [5, 5.41) is 19.6. The molecular formula is C22H21N5O3S2. The number of thiophene rings is 2. The maximum Gasteiger partial charge on any atom is 0.407 e. The minimum atomic E-state index is -0.456. The Kier molecular flexibility index (Phi) is 6.99. The highest BCUT2D eigenvalue weighted by molar-refractivity contribution is 7.16. The van der Waals surface area contributed by atoms with Gasteiger partial charge in [-0.15, -0.1) is 11.3 Å². The Bertz CT molecular complexity index is 1140. The molecule has 0 bridgehead atoms. The summed E-state index contributed by atoms with van der Waals surface area (Å²) in [6.07, 6.45) is 9.48. The molecule has 8 nitrogen and oxygen atoms in total. The number of aromatic nitrogens is 2. The van der Waals surface area contributed by atoms with E-state index in [0.717, 1.165) is 16.0 Å². The van der Waals surface area contributed by atoms with Crippen LogP contribution in [0, 0.1) is 11.3 Å². The lowest BCUT2D eigenvalue weighted by molar-refractivity contribution is -0.111. The number of carbonyl (C=O) groups excluding carboxylic acids is 2. The summed E-state index contributed by atoms with van der Waals surface area (Å²) in [7, 11) is 0. The lowest BCUT2D eigenvalue weighted by Crippen LogP contribution is -2.33. The third kappa shape index (κ3) is 5.43. The van der Waals surface area contributed by atoms with Crippen molar-refractivity contribution in [3.63, 3.8) is 0 Å². The van der Waals surface area contributed by atoms with Crippen molar-refractivity contribution in [2.24, 2.45) is 0 Å². The number of nitrogens with one attached hydrogen (secondary N) is 2. The molecule has 0 radical (unpaired) electrons. The van der Waals surface area contributed by atoms with Crippen LogP contribution in [0.2, 0.25) is 0 Å². The zero-order valence-electron chi connectivity index (χ0n) is 17.1. The number of rotatable bonds is 7. The van der Waals surface area contributed by atoms with Crippen molar-refractivity contribution in [2.75, 3.05) is 11.9 Å². The van der Waals surface area contributed by atoms with E-state index in [4.69, 9.17) is 4.74 Å². The van der Waals surface area contributed by atoms with Gasteiger partial charge >= 0.3 is 6.09 Å². The van der Waals surface area contributed by atoms with E-state index in [1.54, 1.807) is 29.9 Å². The van der Waals surface area contributed by atoms with Crippen molar-refractivity contribution < 1.29 is 14.3 Å². The van der Waals surface area contributed by atoms with Crippen LogP contribution in [0.3, 0.4) is 0 Å². The normalized spacial score (nSPS) is 15.2. The number of alkyl carbamates (subject to hydrolysis) is 1. The number of carbonyl (C=O) groups is 2. The van der Waals surface area contributed by atoms with Crippen LogP contribution in [-0.2, 0) is 28.9 Å². The number of nitrogens with zero attached hydrogens (tertiary/aromatic N) is 3. The standard InChI is InChI=1S/C22H21N5O3S2/c23-12-18-17-3-2-16(30-22(29)25-7-9-27-8-6-24-14-27)11-19(17)32-21(18)26-20(28)4-1-15-5-10-31-13-15/h1,4-6,8,10,13-14,16H,2-3,7,9,11H2,(H,25,29)(H,26,28)/b4-1+. The summed E-state index contributed by atoms with van der Waals surface area (Å²) in [4.78, 5) is 29.4. The Morgan fingerprint density at radius 2 is 2.34 bits per heavy atom. The fourth-order valence-corrected chi connectivity index (χ4v) is 5.35. The molecule has 3 aromatic heterocycles. The Morgan fingerprint density at radius 1 is 1.44 bits per heavy atom. The van der Waals surface area contributed by atoms with Gasteiger partial charge in [-0.3, -0.25) is 4.79 Å². The molecule has 0 aromatic carbocycles. The molecular weight excluding hydrogens is 446 g/mol. The van der Waals surface area contributed by atoms with Gasteiger partial charge in [0.1, 0.15) is 17.2 Å². The van der Waals surface area contributed by atoms with E-state index in [0.29, 0.717) is 42.9 Å². The second-order valence-corrected chi connectivity index (χ2v) is 9.08. The summed E-state index contributed by atoms with van der Waals surface area (Å²) >= 11 is 2.94. The third-order valence-electron chi connectivity index (χ3n) is 5.01. The average molecular weight is 468 g/mol. The van der Waals surface area contributed by atoms with E-state index < -0.39 is 6.09 Å². The topological polar surface area (TPSA) is 109 Å². The highest BCUT2D eigenvalue weighted by Gasteiger charge is 2.28. The van der Waals surface area contributed by atoms with Crippen molar-refractivity contribution in [3.05, 3.63) is 63.2 Å². The molecule has 164 valence electrons. The molecule has 1 atom stereocenters. The molecule has 1 aliphatic carbocycles. The van der Waals surface area contributed by atoms with Crippen molar-refractivity contribution in [2.45, 2.75) is 31.9 Å². The van der Waals surface area contributed by atoms with Crippen LogP contribution in [-0.4, -0.2) is 34.2 Å². The highest BCUT2D eigenvalue weighted by Crippen LogP contribution is 2.38. The number of anilines is 1. The Hall–Kier alpha value is -3.42. The number of amides is 2. The van der Waals surface area contributed by atoms with Crippen LogP contribution in [0.1, 0.15) is 28.0 Å². The van der Waals surface area contributed by atoms with Crippen LogP contribution >= 0.6 is 22.7 Å². The van der Waals surface area contributed by atoms with Gasteiger partial charge < -0.3 is 19.9 Å². The zero-order chi connectivity index (χ0) is 22.3. The summed E-state index contributed by atoms with van der Waals surface area (Å²) in [6.45, 7) is 1.06. The Balaban J connectivity index is 1.33. The summed E-state index contributed by atoms with van der Waals surface area (Å²) in [6, 6.07) is 4.14. The van der Waals surface area contributed by atoms with E-state index in [-0.39, 0.29) is 12.0 Å². The number of ether oxygens (including phenoxy) is 1. The molecule has 4 rings (SSSR count). The molecule has 32 heavy (non-hydrogen) atoms. The predicted octanol–water partition coefficient (Wildman–Crippen LogP) is 3.81. The Labute approximate surface area is 193 Å². The number of nitriles is 1. The predicted molar refractivity (Wildman–Crippen MR) is 124 cm³/mol. The quantitative estimate of drug-likeness (QED) is 0.514. The summed E-state index contributed by atoms with van der Waals surface area (Å²) < 4.78 is 7.43. The zero-order valence-corrected chi connectivity index (χ0v) is 18.7. The van der Waals surface area contributed by atoms with E-state index in [1.165, 1.54) is 17.4 Å². The molecule has 1 aliphatic rings. The molecule has 10 heteroatoms. The fourth-order valence-electron chi connectivity index (χ4n) is 3.46. The van der Waals surface area contributed by atoms with Gasteiger partial charge in [0.2, 0.25) is 5.91 Å². The SMILES string of the molecule is N#Cc1c(NC(=O)/C=C/c2ccsc2)sc2c1CCC(OC(=O)NCCn1ccnc1)C2. The maximum atomic E-state index is 12.3. The molecule has 1 unspecified atom stereocenters. The average Bonchev–Trinajstić information content (AvgIpc) is 3.53. The van der Waals surface area contributed by atoms with Gasteiger partial charge in [-0.25, -0.2) is 9.78 Å². The van der Waals surface area contributed by atoms with Crippen molar-refractivity contribution in [1.82, 2.24) is 14.9 Å². The first-order valence-corrected chi connectivity index (χ1v) is 11.8. The van der Waals surface area contributed by atoms with Crippen LogP contribution in [0.25, 0.3) is 6.08 Å². The maximum absolute atomic E-state index is 12.3. The lowest BCUT2D eigenvalue weighted by atomic mass is 9.94. The third-order valence-corrected chi connectivity index (χ3v) is 6.88. The van der Waals surface area contributed by atoms with Gasteiger partial charge in [-0.05, 0) is 46.9 Å². The van der Waals surface area contributed by atoms with Crippen molar-refractivity contribution >= 4 is 45.8 Å². The van der Waals surface area contributed by atoms with Gasteiger partial charge in [0.05, 0.1) is 11.9 Å². The summed E-state index contributed by atoms with van der Waals surface area (Å²) in [5.74, 6) is -0.281. The first-order valence-electron chi connectivity index (χ1n) is 10.1. The van der Waals surface area contributed by atoms with Gasteiger partial charge in [0.15, 0.2) is 0 Å². The second-order valence-electron chi connectivity index (χ2n) is 7.20. The van der Waals surface area contributed by atoms with E-state index in [1.807, 2.05) is 27.6 Å². The molecule has 3 aromatic rings. The molecule has 0 fully saturated rings. The number of imidazole rings is 1. The minimum absolute atomic E-state index is 0.261. The fraction of sp³-hybridized carbons (Fsp3) is 0.273. The van der Waals surface area contributed by atoms with Gasteiger partial charge in [-0.1, -0.05) is 0 Å². The molecule has 0 aliphatic heterocycles. The summed E-state index contributed by atoms with van der Waals surface area (Å²) in [5.41, 5.74) is 2.40. The van der Waals surface area contributed by atoms with Crippen LogP contribution in [0.5, 0.6) is 0 Å². The molecule has 0 spiro atoms. The molecule has 2 N–H and O–H groups in total. The van der Waals surface area contributed by atoms with Gasteiger partial charge in [0, 0.05) is 42.9 Å².